The van der Waals surface area contributed by atoms with Crippen molar-refractivity contribution in [3.63, 3.8) is 0 Å². The number of aromatic nitrogens is 2. The van der Waals surface area contributed by atoms with Crippen LogP contribution in [-0.2, 0) is 0 Å². The Labute approximate surface area is 82.8 Å². The van der Waals surface area contributed by atoms with E-state index in [1.54, 1.807) is 0 Å². The smallest absolute Gasteiger partial charge is 0.139 e. The van der Waals surface area contributed by atoms with E-state index in [0.717, 1.165) is 17.3 Å². The third kappa shape index (κ3) is 1.16. The van der Waals surface area contributed by atoms with Crippen molar-refractivity contribution in [3.05, 3.63) is 30.2 Å². The van der Waals surface area contributed by atoms with Gasteiger partial charge in [-0.2, -0.15) is 0 Å². The number of pyridine rings is 1. The number of imidazole rings is 1. The molecule has 3 rings (SSSR count). The van der Waals surface area contributed by atoms with E-state index >= 15 is 0 Å². The molecule has 1 aliphatic carbocycles. The zero-order valence-electron chi connectivity index (χ0n) is 8.20. The lowest BCUT2D eigenvalue weighted by atomic mass is 10.3. The fourth-order valence-electron chi connectivity index (χ4n) is 1.73. The predicted octanol–water partition coefficient (Wildman–Crippen LogP) is 2.25. The molecule has 0 atom stereocenters. The molecule has 1 saturated carbocycles. The van der Waals surface area contributed by atoms with Crippen molar-refractivity contribution >= 4 is 11.3 Å². The first-order valence-electron chi connectivity index (χ1n) is 5.03. The molecule has 3 heteroatoms. The summed E-state index contributed by atoms with van der Waals surface area (Å²) < 4.78 is 2.09. The first-order chi connectivity index (χ1) is 6.86. The molecule has 0 bridgehead atoms. The zero-order chi connectivity index (χ0) is 9.54. The van der Waals surface area contributed by atoms with Gasteiger partial charge in [-0.15, -0.1) is 0 Å². The second kappa shape index (κ2) is 2.74. The van der Waals surface area contributed by atoms with Crippen LogP contribution in [0.25, 0.3) is 5.65 Å². The summed E-state index contributed by atoms with van der Waals surface area (Å²) >= 11 is 0. The second-order valence-electron chi connectivity index (χ2n) is 3.87. The Hall–Kier alpha value is -1.51. The molecular weight excluding hydrogens is 174 g/mol. The highest BCUT2D eigenvalue weighted by molar-refractivity contribution is 5.54. The number of anilines is 1. The third-order valence-corrected chi connectivity index (χ3v) is 2.76. The molecule has 72 valence electrons. The van der Waals surface area contributed by atoms with Crippen molar-refractivity contribution in [3.8, 4) is 0 Å². The lowest BCUT2D eigenvalue weighted by Gasteiger charge is -1.98. The molecule has 1 fully saturated rings. The predicted molar refractivity (Wildman–Crippen MR) is 56.7 cm³/mol. The Bertz CT molecular complexity index is 468. The molecule has 0 amide bonds. The van der Waals surface area contributed by atoms with Crippen LogP contribution < -0.4 is 5.32 Å². The maximum atomic E-state index is 4.61. The van der Waals surface area contributed by atoms with Gasteiger partial charge in [-0.3, -0.25) is 0 Å². The van der Waals surface area contributed by atoms with Gasteiger partial charge in [0.2, 0.25) is 0 Å². The van der Waals surface area contributed by atoms with Crippen LogP contribution in [0.3, 0.4) is 0 Å². The van der Waals surface area contributed by atoms with Gasteiger partial charge in [0.25, 0.3) is 0 Å². The molecule has 1 N–H and O–H groups in total. The molecule has 1 aliphatic rings. The molecule has 0 radical (unpaired) electrons. The van der Waals surface area contributed by atoms with Crippen LogP contribution in [0.1, 0.15) is 24.5 Å². The van der Waals surface area contributed by atoms with Crippen LogP contribution in [0.4, 0.5) is 5.69 Å². The lowest BCUT2D eigenvalue weighted by Crippen LogP contribution is -1.89. The van der Waals surface area contributed by atoms with Gasteiger partial charge in [0.1, 0.15) is 5.65 Å². The number of nitrogens with one attached hydrogen (secondary N) is 1. The summed E-state index contributed by atoms with van der Waals surface area (Å²) in [7, 11) is 1.93. The van der Waals surface area contributed by atoms with Crippen LogP contribution in [-0.4, -0.2) is 16.4 Å². The summed E-state index contributed by atoms with van der Waals surface area (Å²) in [6.07, 6.45) is 6.82. The Balaban J connectivity index is 2.12. The standard InChI is InChI=1S/C11H13N3/c1-12-9-4-5-14-7-10(8-2-3-8)13-11(14)6-9/h4-8,12H,2-3H2,1H3. The highest BCUT2D eigenvalue weighted by atomic mass is 15.0. The molecule has 0 saturated heterocycles. The van der Waals surface area contributed by atoms with E-state index < -0.39 is 0 Å². The van der Waals surface area contributed by atoms with E-state index in [-0.39, 0.29) is 0 Å². The van der Waals surface area contributed by atoms with Gasteiger partial charge in [0.15, 0.2) is 0 Å². The zero-order valence-corrected chi connectivity index (χ0v) is 8.20. The van der Waals surface area contributed by atoms with Crippen LogP contribution in [0, 0.1) is 0 Å². The number of hydrogen-bond donors (Lipinski definition) is 1. The molecule has 0 aliphatic heterocycles. The van der Waals surface area contributed by atoms with Crippen LogP contribution in [0.5, 0.6) is 0 Å². The minimum Gasteiger partial charge on any atom is -0.388 e. The molecule has 0 spiro atoms. The van der Waals surface area contributed by atoms with Crippen molar-refractivity contribution in [1.82, 2.24) is 9.38 Å². The van der Waals surface area contributed by atoms with Gasteiger partial charge < -0.3 is 9.72 Å². The van der Waals surface area contributed by atoms with E-state index in [0.29, 0.717) is 0 Å². The fourth-order valence-corrected chi connectivity index (χ4v) is 1.73. The van der Waals surface area contributed by atoms with Crippen molar-refractivity contribution in [1.29, 1.82) is 0 Å². The van der Waals surface area contributed by atoms with E-state index in [4.69, 9.17) is 0 Å². The summed E-state index contributed by atoms with van der Waals surface area (Å²) in [6.45, 7) is 0. The Morgan fingerprint density at radius 1 is 1.50 bits per heavy atom. The number of rotatable bonds is 2. The molecular formula is C11H13N3. The first-order valence-corrected chi connectivity index (χ1v) is 5.03. The number of hydrogen-bond acceptors (Lipinski definition) is 2. The van der Waals surface area contributed by atoms with Crippen molar-refractivity contribution in [2.45, 2.75) is 18.8 Å². The first kappa shape index (κ1) is 7.85. The lowest BCUT2D eigenvalue weighted by molar-refractivity contribution is 1.06. The van der Waals surface area contributed by atoms with Crippen LogP contribution >= 0.6 is 0 Å². The van der Waals surface area contributed by atoms with Crippen molar-refractivity contribution < 1.29 is 0 Å². The summed E-state index contributed by atoms with van der Waals surface area (Å²) in [5, 5.41) is 3.12. The van der Waals surface area contributed by atoms with E-state index in [9.17, 15) is 0 Å². The molecule has 2 heterocycles. The normalized spacial score (nSPS) is 16.1. The number of fused-ring (bicyclic) bond motifs is 1. The van der Waals surface area contributed by atoms with Gasteiger partial charge >= 0.3 is 0 Å². The maximum Gasteiger partial charge on any atom is 0.139 e. The second-order valence-corrected chi connectivity index (χ2v) is 3.87. The third-order valence-electron chi connectivity index (χ3n) is 2.76. The topological polar surface area (TPSA) is 29.3 Å². The average Bonchev–Trinajstić information content (AvgIpc) is 2.97. The largest absolute Gasteiger partial charge is 0.388 e. The Kier molecular flexibility index (Phi) is 1.54. The Morgan fingerprint density at radius 3 is 3.07 bits per heavy atom. The average molecular weight is 187 g/mol. The monoisotopic (exact) mass is 187 g/mol. The highest BCUT2D eigenvalue weighted by Gasteiger charge is 2.25. The fraction of sp³-hybridized carbons (Fsp3) is 0.364. The van der Waals surface area contributed by atoms with E-state index in [2.05, 4.69) is 39.2 Å². The van der Waals surface area contributed by atoms with Gasteiger partial charge in [0.05, 0.1) is 5.69 Å². The highest BCUT2D eigenvalue weighted by Crippen LogP contribution is 2.39. The van der Waals surface area contributed by atoms with Gasteiger partial charge in [-0.1, -0.05) is 0 Å². The minimum absolute atomic E-state index is 0.730. The minimum atomic E-state index is 0.730. The quantitative estimate of drug-likeness (QED) is 0.781. The summed E-state index contributed by atoms with van der Waals surface area (Å²) in [5.41, 5.74) is 3.41. The SMILES string of the molecule is CNc1ccn2cc(C3CC3)nc2c1. The van der Waals surface area contributed by atoms with Crippen LogP contribution in [0.2, 0.25) is 0 Å². The molecule has 0 unspecified atom stereocenters. The van der Waals surface area contributed by atoms with Gasteiger partial charge in [0, 0.05) is 37.1 Å². The van der Waals surface area contributed by atoms with Gasteiger partial charge in [-0.05, 0) is 18.9 Å². The molecule has 3 nitrogen and oxygen atoms in total. The van der Waals surface area contributed by atoms with Crippen molar-refractivity contribution in [2.75, 3.05) is 12.4 Å². The van der Waals surface area contributed by atoms with E-state index in [1.165, 1.54) is 18.5 Å². The molecule has 14 heavy (non-hydrogen) atoms. The molecule has 2 aromatic heterocycles. The van der Waals surface area contributed by atoms with Crippen LogP contribution in [0.15, 0.2) is 24.5 Å². The van der Waals surface area contributed by atoms with Crippen molar-refractivity contribution in [2.24, 2.45) is 0 Å². The number of nitrogens with zero attached hydrogens (tertiary/aromatic N) is 2. The summed E-state index contributed by atoms with van der Waals surface area (Å²) in [5.74, 6) is 0.730. The summed E-state index contributed by atoms with van der Waals surface area (Å²) in [4.78, 5) is 4.61. The Morgan fingerprint density at radius 2 is 2.36 bits per heavy atom. The molecule has 2 aromatic rings. The van der Waals surface area contributed by atoms with Gasteiger partial charge in [-0.25, -0.2) is 4.98 Å². The van der Waals surface area contributed by atoms with E-state index in [1.807, 2.05) is 7.05 Å². The maximum absolute atomic E-state index is 4.61. The summed E-state index contributed by atoms with van der Waals surface area (Å²) in [6, 6.07) is 4.14. The molecule has 0 aromatic carbocycles.